The van der Waals surface area contributed by atoms with Crippen molar-refractivity contribution in [2.75, 3.05) is 31.6 Å². The SMILES string of the molecule is CC(C)[Si](C(C)C)(C(C)C)n1cc(C2CCN(C)CC2)c2ccc(N3CCc4ccccc4C3)cc21. The molecule has 0 spiro atoms. The maximum Gasteiger partial charge on any atom is 0.169 e. The third-order valence-corrected chi connectivity index (χ3v) is 16.4. The quantitative estimate of drug-likeness (QED) is 0.317. The Hall–Kier alpha value is -2.04. The average molecular weight is 502 g/mol. The Balaban J connectivity index is 1.65. The van der Waals surface area contributed by atoms with E-state index in [9.17, 15) is 0 Å². The molecular formula is C32H47N3Si. The van der Waals surface area contributed by atoms with E-state index in [1.54, 1.807) is 5.56 Å². The van der Waals surface area contributed by atoms with Crippen molar-refractivity contribution in [3.05, 3.63) is 65.4 Å². The van der Waals surface area contributed by atoms with Crippen LogP contribution in [0.1, 0.15) is 77.0 Å². The fourth-order valence-corrected chi connectivity index (χ4v) is 14.6. The molecule has 2 aromatic carbocycles. The summed E-state index contributed by atoms with van der Waals surface area (Å²) in [6, 6.07) is 16.5. The summed E-state index contributed by atoms with van der Waals surface area (Å²) < 4.78 is 2.89. The summed E-state index contributed by atoms with van der Waals surface area (Å²) in [6.07, 6.45) is 6.35. The Kier molecular flexibility index (Phi) is 7.13. The average Bonchev–Trinajstić information content (AvgIpc) is 3.23. The van der Waals surface area contributed by atoms with Crippen LogP contribution in [0.5, 0.6) is 0 Å². The molecule has 2 aliphatic heterocycles. The van der Waals surface area contributed by atoms with E-state index >= 15 is 0 Å². The van der Waals surface area contributed by atoms with Gasteiger partial charge in [-0.05, 0) is 97.0 Å². The highest BCUT2D eigenvalue weighted by molar-refractivity contribution is 6.82. The van der Waals surface area contributed by atoms with Crippen LogP contribution in [0.25, 0.3) is 10.9 Å². The number of aromatic nitrogens is 1. The fourth-order valence-electron chi connectivity index (χ4n) is 7.95. The van der Waals surface area contributed by atoms with Crippen LogP contribution >= 0.6 is 0 Å². The van der Waals surface area contributed by atoms with Crippen LogP contribution < -0.4 is 4.90 Å². The number of benzene rings is 2. The van der Waals surface area contributed by atoms with E-state index in [1.807, 2.05) is 0 Å². The fraction of sp³-hybridized carbons (Fsp3) is 0.562. The molecule has 0 unspecified atom stereocenters. The van der Waals surface area contributed by atoms with Crippen molar-refractivity contribution in [2.45, 2.75) is 89.9 Å². The van der Waals surface area contributed by atoms with Crippen molar-refractivity contribution in [1.82, 2.24) is 9.13 Å². The minimum Gasteiger partial charge on any atom is -0.373 e. The standard InChI is InChI=1S/C32H47N3Si/c1-23(2)36(24(3)4,25(5)6)35-22-31(27-14-17-33(7)18-15-27)30-13-12-29(20-32(30)35)34-19-16-26-10-8-9-11-28(26)21-34/h8-13,20,22-25,27H,14-19,21H2,1-7H3. The van der Waals surface area contributed by atoms with Crippen LogP contribution in [0.15, 0.2) is 48.7 Å². The van der Waals surface area contributed by atoms with Gasteiger partial charge >= 0.3 is 0 Å². The summed E-state index contributed by atoms with van der Waals surface area (Å²) >= 11 is 0. The van der Waals surface area contributed by atoms with Crippen LogP contribution in [-0.4, -0.2) is 44.0 Å². The predicted molar refractivity (Wildman–Crippen MR) is 159 cm³/mol. The third kappa shape index (κ3) is 4.24. The van der Waals surface area contributed by atoms with Gasteiger partial charge in [-0.3, -0.25) is 0 Å². The second kappa shape index (κ2) is 10.0. The van der Waals surface area contributed by atoms with Crippen LogP contribution in [0, 0.1) is 0 Å². The lowest BCUT2D eigenvalue weighted by atomic mass is 9.89. The topological polar surface area (TPSA) is 11.4 Å². The van der Waals surface area contributed by atoms with E-state index in [1.165, 1.54) is 53.6 Å². The number of nitrogens with zero attached hydrogens (tertiary/aromatic N) is 3. The summed E-state index contributed by atoms with van der Waals surface area (Å²) in [4.78, 5) is 5.11. The third-order valence-electron chi connectivity index (χ3n) is 9.67. The highest BCUT2D eigenvalue weighted by atomic mass is 28.3. The molecule has 0 saturated carbocycles. The van der Waals surface area contributed by atoms with Gasteiger partial charge in [0.2, 0.25) is 0 Å². The second-order valence-corrected chi connectivity index (χ2v) is 18.2. The molecular weight excluding hydrogens is 454 g/mol. The van der Waals surface area contributed by atoms with E-state index in [0.717, 1.165) is 19.5 Å². The van der Waals surface area contributed by atoms with Gasteiger partial charge in [0.1, 0.15) is 0 Å². The first-order valence-electron chi connectivity index (χ1n) is 14.4. The predicted octanol–water partition coefficient (Wildman–Crippen LogP) is 8.04. The zero-order chi connectivity index (χ0) is 25.6. The Bertz CT molecular complexity index is 1180. The van der Waals surface area contributed by atoms with Gasteiger partial charge in [-0.15, -0.1) is 0 Å². The smallest absolute Gasteiger partial charge is 0.169 e. The summed E-state index contributed by atoms with van der Waals surface area (Å²) in [7, 11) is 0.408. The lowest BCUT2D eigenvalue weighted by molar-refractivity contribution is 0.256. The van der Waals surface area contributed by atoms with Crippen LogP contribution in [0.2, 0.25) is 16.6 Å². The molecule has 0 amide bonds. The summed E-state index contributed by atoms with van der Waals surface area (Å²) in [5, 5.41) is 1.52. The van der Waals surface area contributed by atoms with Crippen molar-refractivity contribution in [1.29, 1.82) is 0 Å². The van der Waals surface area contributed by atoms with Crippen molar-refractivity contribution in [3.8, 4) is 0 Å². The first-order chi connectivity index (χ1) is 17.2. The lowest BCUT2D eigenvalue weighted by Gasteiger charge is -2.44. The number of likely N-dealkylation sites (tertiary alicyclic amines) is 1. The molecule has 0 bridgehead atoms. The molecule has 0 aliphatic carbocycles. The van der Waals surface area contributed by atoms with Crippen LogP contribution in [-0.2, 0) is 13.0 Å². The van der Waals surface area contributed by atoms with Gasteiger partial charge in [-0.1, -0.05) is 71.9 Å². The number of hydrogen-bond acceptors (Lipinski definition) is 2. The summed E-state index contributed by atoms with van der Waals surface area (Å²) in [5.74, 6) is 0.677. The molecule has 1 aromatic heterocycles. The van der Waals surface area contributed by atoms with Crippen molar-refractivity contribution in [2.24, 2.45) is 0 Å². The number of anilines is 1. The van der Waals surface area contributed by atoms with Gasteiger partial charge < -0.3 is 14.0 Å². The molecule has 3 nitrogen and oxygen atoms in total. The maximum absolute atomic E-state index is 2.89. The molecule has 0 radical (unpaired) electrons. The second-order valence-electron chi connectivity index (χ2n) is 12.5. The maximum atomic E-state index is 2.89. The van der Waals surface area contributed by atoms with Gasteiger partial charge in [0.15, 0.2) is 8.24 Å². The molecule has 2 aliphatic rings. The van der Waals surface area contributed by atoms with E-state index in [4.69, 9.17) is 0 Å². The monoisotopic (exact) mass is 501 g/mol. The molecule has 3 heterocycles. The molecule has 36 heavy (non-hydrogen) atoms. The Morgan fingerprint density at radius 1 is 0.806 bits per heavy atom. The zero-order valence-electron chi connectivity index (χ0n) is 23.7. The Morgan fingerprint density at radius 2 is 1.44 bits per heavy atom. The molecule has 4 heteroatoms. The highest BCUT2D eigenvalue weighted by Gasteiger charge is 2.46. The number of rotatable bonds is 6. The van der Waals surface area contributed by atoms with E-state index in [2.05, 4.69) is 111 Å². The van der Waals surface area contributed by atoms with Crippen LogP contribution in [0.4, 0.5) is 5.69 Å². The molecule has 5 rings (SSSR count). The number of fused-ring (bicyclic) bond motifs is 2. The Labute approximate surface area is 220 Å². The van der Waals surface area contributed by atoms with Crippen molar-refractivity contribution in [3.63, 3.8) is 0 Å². The first kappa shape index (κ1) is 25.6. The van der Waals surface area contributed by atoms with Gasteiger partial charge in [-0.2, -0.15) is 0 Å². The van der Waals surface area contributed by atoms with Crippen molar-refractivity contribution >= 4 is 24.8 Å². The van der Waals surface area contributed by atoms with Crippen molar-refractivity contribution < 1.29 is 0 Å². The van der Waals surface area contributed by atoms with E-state index < -0.39 is 8.24 Å². The summed E-state index contributed by atoms with van der Waals surface area (Å²) in [6.45, 7) is 19.5. The normalized spacial score (nSPS) is 18.1. The lowest BCUT2D eigenvalue weighted by Crippen LogP contribution is -2.51. The molecule has 3 aromatic rings. The highest BCUT2D eigenvalue weighted by Crippen LogP contribution is 2.47. The van der Waals surface area contributed by atoms with E-state index in [-0.39, 0.29) is 0 Å². The number of hydrogen-bond donors (Lipinski definition) is 0. The molecule has 0 N–H and O–H groups in total. The first-order valence-corrected chi connectivity index (χ1v) is 16.6. The molecule has 1 saturated heterocycles. The van der Waals surface area contributed by atoms with E-state index in [0.29, 0.717) is 22.5 Å². The Morgan fingerprint density at radius 3 is 2.08 bits per heavy atom. The summed E-state index contributed by atoms with van der Waals surface area (Å²) in [5.41, 5.74) is 9.58. The van der Waals surface area contributed by atoms with Crippen LogP contribution in [0.3, 0.4) is 0 Å². The molecule has 1 fully saturated rings. The minimum atomic E-state index is -1.87. The molecule has 194 valence electrons. The van der Waals surface area contributed by atoms with Gasteiger partial charge in [0.05, 0.1) is 0 Å². The van der Waals surface area contributed by atoms with Gasteiger partial charge in [0.25, 0.3) is 0 Å². The number of piperidine rings is 1. The zero-order valence-corrected chi connectivity index (χ0v) is 24.7. The minimum absolute atomic E-state index is 0.677. The van der Waals surface area contributed by atoms with Gasteiger partial charge in [-0.25, -0.2) is 0 Å². The van der Waals surface area contributed by atoms with Gasteiger partial charge in [0, 0.05) is 29.7 Å². The molecule has 0 atom stereocenters. The largest absolute Gasteiger partial charge is 0.373 e.